The lowest BCUT2D eigenvalue weighted by atomic mass is 10.1. The summed E-state index contributed by atoms with van der Waals surface area (Å²) < 4.78 is 4.96. The van der Waals surface area contributed by atoms with Crippen molar-refractivity contribution < 1.29 is 9.53 Å². The number of carbonyl (C=O) groups excluding carboxylic acids is 1. The summed E-state index contributed by atoms with van der Waals surface area (Å²) in [6.45, 7) is 1.56. The second kappa shape index (κ2) is 3.85. The number of ether oxygens (including phenoxy) is 1. The Morgan fingerprint density at radius 1 is 1.58 bits per heavy atom. The normalized spacial score (nSPS) is 9.50. The van der Waals surface area contributed by atoms with E-state index < -0.39 is 0 Å². The van der Waals surface area contributed by atoms with Gasteiger partial charge in [0, 0.05) is 12.6 Å². The Balaban J connectivity index is 2.79. The molecule has 0 saturated heterocycles. The van der Waals surface area contributed by atoms with E-state index in [0.29, 0.717) is 12.2 Å². The van der Waals surface area contributed by atoms with Crippen LogP contribution in [0, 0.1) is 0 Å². The molecule has 3 nitrogen and oxygen atoms in total. The zero-order chi connectivity index (χ0) is 8.97. The van der Waals surface area contributed by atoms with Crippen molar-refractivity contribution in [1.29, 1.82) is 0 Å². The number of carbonyl (C=O) groups is 1. The summed E-state index contributed by atoms with van der Waals surface area (Å²) in [6.07, 6.45) is 3.71. The molecule has 0 radical (unpaired) electrons. The predicted molar refractivity (Wildman–Crippen MR) is 45.2 cm³/mol. The predicted octanol–water partition coefficient (Wildman–Crippen LogP) is 1.22. The van der Waals surface area contributed by atoms with E-state index in [-0.39, 0.29) is 5.78 Å². The molecular formula is C9H11NO2. The highest BCUT2D eigenvalue weighted by molar-refractivity contribution is 5.78. The minimum absolute atomic E-state index is 0.130. The van der Waals surface area contributed by atoms with Crippen LogP contribution in [-0.4, -0.2) is 17.9 Å². The second-order valence-electron chi connectivity index (χ2n) is 2.61. The van der Waals surface area contributed by atoms with Crippen LogP contribution in [0.4, 0.5) is 0 Å². The molecule has 0 fully saturated rings. The van der Waals surface area contributed by atoms with Crippen LogP contribution in [0.5, 0.6) is 5.75 Å². The van der Waals surface area contributed by atoms with Crippen molar-refractivity contribution in [1.82, 2.24) is 4.98 Å². The molecule has 64 valence electrons. The molecule has 1 aromatic rings. The largest absolute Gasteiger partial charge is 0.495 e. The van der Waals surface area contributed by atoms with Crippen LogP contribution in [0.15, 0.2) is 18.5 Å². The summed E-state index contributed by atoms with van der Waals surface area (Å²) >= 11 is 0. The summed E-state index contributed by atoms with van der Waals surface area (Å²) in [5.41, 5.74) is 0.891. The first-order valence-electron chi connectivity index (χ1n) is 3.69. The molecule has 0 aliphatic rings. The summed E-state index contributed by atoms with van der Waals surface area (Å²) in [5, 5.41) is 0. The number of rotatable bonds is 3. The lowest BCUT2D eigenvalue weighted by Gasteiger charge is -2.00. The van der Waals surface area contributed by atoms with Crippen molar-refractivity contribution in [2.45, 2.75) is 13.3 Å². The van der Waals surface area contributed by atoms with Crippen molar-refractivity contribution in [2.75, 3.05) is 7.11 Å². The van der Waals surface area contributed by atoms with E-state index in [4.69, 9.17) is 4.74 Å². The van der Waals surface area contributed by atoms with Crippen LogP contribution in [0.2, 0.25) is 0 Å². The molecule has 0 N–H and O–H groups in total. The SMILES string of the molecule is COc1cncc(CC(C)=O)c1. The van der Waals surface area contributed by atoms with E-state index in [0.717, 1.165) is 5.56 Å². The summed E-state index contributed by atoms with van der Waals surface area (Å²) in [5.74, 6) is 0.818. The van der Waals surface area contributed by atoms with E-state index in [1.54, 1.807) is 26.4 Å². The lowest BCUT2D eigenvalue weighted by Crippen LogP contribution is -1.97. The molecule has 0 bridgehead atoms. The van der Waals surface area contributed by atoms with Gasteiger partial charge in [0.25, 0.3) is 0 Å². The molecule has 0 saturated carbocycles. The lowest BCUT2D eigenvalue weighted by molar-refractivity contribution is -0.116. The third-order valence-corrected chi connectivity index (χ3v) is 1.46. The standard InChI is InChI=1S/C9H11NO2/c1-7(11)3-8-4-9(12-2)6-10-5-8/h4-6H,3H2,1-2H3. The van der Waals surface area contributed by atoms with Crippen molar-refractivity contribution in [3.05, 3.63) is 24.0 Å². The fraction of sp³-hybridized carbons (Fsp3) is 0.333. The van der Waals surface area contributed by atoms with E-state index in [9.17, 15) is 4.79 Å². The molecule has 3 heteroatoms. The third kappa shape index (κ3) is 2.34. The van der Waals surface area contributed by atoms with Gasteiger partial charge in [0.15, 0.2) is 0 Å². The maximum atomic E-state index is 10.7. The summed E-state index contributed by atoms with van der Waals surface area (Å²) in [4.78, 5) is 14.7. The number of ketones is 1. The van der Waals surface area contributed by atoms with Crippen LogP contribution in [0.1, 0.15) is 12.5 Å². The molecule has 0 aliphatic carbocycles. The number of methoxy groups -OCH3 is 1. The van der Waals surface area contributed by atoms with E-state index in [2.05, 4.69) is 4.98 Å². The molecule has 1 heterocycles. The highest BCUT2D eigenvalue weighted by Crippen LogP contribution is 2.10. The fourth-order valence-electron chi connectivity index (χ4n) is 0.959. The van der Waals surface area contributed by atoms with E-state index in [1.807, 2.05) is 6.07 Å². The Hall–Kier alpha value is -1.38. The maximum Gasteiger partial charge on any atom is 0.137 e. The molecule has 0 unspecified atom stereocenters. The quantitative estimate of drug-likeness (QED) is 0.676. The van der Waals surface area contributed by atoms with Crippen LogP contribution < -0.4 is 4.74 Å². The number of aromatic nitrogens is 1. The molecule has 0 aliphatic heterocycles. The van der Waals surface area contributed by atoms with Gasteiger partial charge >= 0.3 is 0 Å². The summed E-state index contributed by atoms with van der Waals surface area (Å²) in [7, 11) is 1.58. The average Bonchev–Trinajstić information content (AvgIpc) is 2.03. The highest BCUT2D eigenvalue weighted by atomic mass is 16.5. The fourth-order valence-corrected chi connectivity index (χ4v) is 0.959. The number of nitrogens with zero attached hydrogens (tertiary/aromatic N) is 1. The van der Waals surface area contributed by atoms with Crippen molar-refractivity contribution in [3.8, 4) is 5.75 Å². The van der Waals surface area contributed by atoms with Gasteiger partial charge in [-0.2, -0.15) is 0 Å². The van der Waals surface area contributed by atoms with Gasteiger partial charge in [0.2, 0.25) is 0 Å². The van der Waals surface area contributed by atoms with Crippen LogP contribution in [-0.2, 0) is 11.2 Å². The number of Topliss-reactive ketones (excluding diaryl/α,β-unsaturated/α-hetero) is 1. The number of hydrogen-bond acceptors (Lipinski definition) is 3. The van der Waals surface area contributed by atoms with Gasteiger partial charge in [0.05, 0.1) is 13.3 Å². The Labute approximate surface area is 71.4 Å². The maximum absolute atomic E-state index is 10.7. The topological polar surface area (TPSA) is 39.2 Å². The first kappa shape index (κ1) is 8.71. The highest BCUT2D eigenvalue weighted by Gasteiger charge is 1.99. The first-order chi connectivity index (χ1) is 5.72. The van der Waals surface area contributed by atoms with Crippen LogP contribution >= 0.6 is 0 Å². The zero-order valence-corrected chi connectivity index (χ0v) is 7.20. The van der Waals surface area contributed by atoms with Crippen LogP contribution in [0.25, 0.3) is 0 Å². The van der Waals surface area contributed by atoms with Gasteiger partial charge in [-0.3, -0.25) is 9.78 Å². The van der Waals surface area contributed by atoms with E-state index in [1.165, 1.54) is 0 Å². The van der Waals surface area contributed by atoms with Gasteiger partial charge in [0.1, 0.15) is 11.5 Å². The molecule has 1 rings (SSSR count). The summed E-state index contributed by atoms with van der Waals surface area (Å²) in [6, 6.07) is 1.81. The van der Waals surface area contributed by atoms with Gasteiger partial charge in [-0.15, -0.1) is 0 Å². The Kier molecular flexibility index (Phi) is 2.80. The molecule has 0 spiro atoms. The smallest absolute Gasteiger partial charge is 0.137 e. The van der Waals surface area contributed by atoms with Gasteiger partial charge in [-0.1, -0.05) is 0 Å². The zero-order valence-electron chi connectivity index (χ0n) is 7.20. The average molecular weight is 165 g/mol. The molecule has 12 heavy (non-hydrogen) atoms. The van der Waals surface area contributed by atoms with E-state index >= 15 is 0 Å². The van der Waals surface area contributed by atoms with Crippen molar-refractivity contribution >= 4 is 5.78 Å². The molecular weight excluding hydrogens is 154 g/mol. The molecule has 0 atom stereocenters. The minimum Gasteiger partial charge on any atom is -0.495 e. The first-order valence-corrected chi connectivity index (χ1v) is 3.69. The van der Waals surface area contributed by atoms with Crippen LogP contribution in [0.3, 0.4) is 0 Å². The monoisotopic (exact) mass is 165 g/mol. The van der Waals surface area contributed by atoms with Crippen molar-refractivity contribution in [2.24, 2.45) is 0 Å². The molecule has 0 amide bonds. The van der Waals surface area contributed by atoms with Crippen molar-refractivity contribution in [3.63, 3.8) is 0 Å². The third-order valence-electron chi connectivity index (χ3n) is 1.46. The Morgan fingerprint density at radius 2 is 2.33 bits per heavy atom. The Morgan fingerprint density at radius 3 is 2.92 bits per heavy atom. The molecule has 0 aromatic carbocycles. The number of hydrogen-bond donors (Lipinski definition) is 0. The van der Waals surface area contributed by atoms with Gasteiger partial charge in [-0.05, 0) is 18.6 Å². The van der Waals surface area contributed by atoms with Gasteiger partial charge in [-0.25, -0.2) is 0 Å². The minimum atomic E-state index is 0.130. The molecule has 1 aromatic heterocycles. The second-order valence-corrected chi connectivity index (χ2v) is 2.61. The number of pyridine rings is 1. The van der Waals surface area contributed by atoms with Gasteiger partial charge < -0.3 is 4.74 Å². The Bertz CT molecular complexity index is 284.